The molecule has 1 aliphatic rings. The van der Waals surface area contributed by atoms with Crippen LogP contribution in [-0.2, 0) is 16.3 Å². The molecular weight excluding hydrogens is 328 g/mol. The van der Waals surface area contributed by atoms with Crippen LogP contribution in [0.5, 0.6) is 0 Å². The van der Waals surface area contributed by atoms with Crippen LogP contribution >= 0.6 is 23.4 Å². The lowest BCUT2D eigenvalue weighted by Crippen LogP contribution is -2.47. The third kappa shape index (κ3) is 4.28. The van der Waals surface area contributed by atoms with Crippen molar-refractivity contribution < 1.29 is 8.42 Å². The molecule has 0 amide bonds. The van der Waals surface area contributed by atoms with Gasteiger partial charge in [0.25, 0.3) is 0 Å². The van der Waals surface area contributed by atoms with E-state index in [9.17, 15) is 8.42 Å². The Morgan fingerprint density at radius 3 is 2.81 bits per heavy atom. The first-order valence-corrected chi connectivity index (χ1v) is 10.3. The lowest BCUT2D eigenvalue weighted by atomic mass is 10.1. The summed E-state index contributed by atoms with van der Waals surface area (Å²) in [6, 6.07) is 5.85. The van der Waals surface area contributed by atoms with Crippen LogP contribution in [-0.4, -0.2) is 44.1 Å². The summed E-state index contributed by atoms with van der Waals surface area (Å²) in [5, 5.41) is 0.0849. The summed E-state index contributed by atoms with van der Waals surface area (Å²) < 4.78 is 24.0. The van der Waals surface area contributed by atoms with Crippen LogP contribution in [0, 0.1) is 0 Å². The third-order valence-electron chi connectivity index (χ3n) is 3.46. The average Bonchev–Trinajstić information content (AvgIpc) is 2.37. The average molecular weight is 349 g/mol. The highest BCUT2D eigenvalue weighted by atomic mass is 35.5. The number of halogens is 1. The van der Waals surface area contributed by atoms with Crippen molar-refractivity contribution in [2.75, 3.05) is 29.2 Å². The van der Waals surface area contributed by atoms with Crippen LogP contribution in [0.4, 0.5) is 5.69 Å². The molecule has 118 valence electrons. The van der Waals surface area contributed by atoms with Gasteiger partial charge in [-0.05, 0) is 31.0 Å². The van der Waals surface area contributed by atoms with E-state index >= 15 is 0 Å². The van der Waals surface area contributed by atoms with Gasteiger partial charge in [0, 0.05) is 30.3 Å². The molecule has 0 aromatic heterocycles. The number of anilines is 1. The second-order valence-corrected chi connectivity index (χ2v) is 9.28. The lowest BCUT2D eigenvalue weighted by Gasteiger charge is -2.36. The molecule has 4 nitrogen and oxygen atoms in total. The van der Waals surface area contributed by atoms with Crippen LogP contribution in [0.1, 0.15) is 12.5 Å². The van der Waals surface area contributed by atoms with Crippen molar-refractivity contribution in [3.05, 3.63) is 28.8 Å². The molecule has 2 atom stereocenters. The van der Waals surface area contributed by atoms with E-state index in [0.29, 0.717) is 17.3 Å². The van der Waals surface area contributed by atoms with E-state index in [-0.39, 0.29) is 6.04 Å². The van der Waals surface area contributed by atoms with Crippen molar-refractivity contribution in [3.8, 4) is 0 Å². The predicted octanol–water partition coefficient (Wildman–Crippen LogP) is 2.15. The van der Waals surface area contributed by atoms with Gasteiger partial charge in [-0.25, -0.2) is 8.42 Å². The highest BCUT2D eigenvalue weighted by molar-refractivity contribution is 8.01. The second-order valence-electron chi connectivity index (χ2n) is 5.52. The predicted molar refractivity (Wildman–Crippen MR) is 92.1 cm³/mol. The number of benzene rings is 1. The van der Waals surface area contributed by atoms with Crippen LogP contribution < -0.4 is 10.6 Å². The van der Waals surface area contributed by atoms with Gasteiger partial charge in [0.05, 0.1) is 10.7 Å². The van der Waals surface area contributed by atoms with Gasteiger partial charge in [-0.15, -0.1) is 0 Å². The molecule has 1 fully saturated rings. The molecule has 7 heteroatoms. The Morgan fingerprint density at radius 2 is 2.24 bits per heavy atom. The van der Waals surface area contributed by atoms with Crippen molar-refractivity contribution >= 4 is 38.9 Å². The first-order chi connectivity index (χ1) is 9.79. The van der Waals surface area contributed by atoms with Crippen molar-refractivity contribution in [2.45, 2.75) is 24.8 Å². The van der Waals surface area contributed by atoms with Crippen molar-refractivity contribution in [1.82, 2.24) is 0 Å². The number of sulfone groups is 1. The summed E-state index contributed by atoms with van der Waals surface area (Å²) in [4.78, 5) is 1.91. The second kappa shape index (κ2) is 6.77. The number of rotatable bonds is 4. The number of hydrogen-bond acceptors (Lipinski definition) is 5. The summed E-state index contributed by atoms with van der Waals surface area (Å²) in [5.41, 5.74) is 7.66. The molecule has 1 saturated heterocycles. The van der Waals surface area contributed by atoms with E-state index in [4.69, 9.17) is 17.3 Å². The van der Waals surface area contributed by atoms with E-state index in [0.717, 1.165) is 23.4 Å². The number of nitrogens with two attached hydrogens (primary N) is 1. The molecule has 21 heavy (non-hydrogen) atoms. The monoisotopic (exact) mass is 348 g/mol. The Labute approximate surface area is 135 Å². The highest BCUT2D eigenvalue weighted by Gasteiger charge is 2.32. The van der Waals surface area contributed by atoms with Gasteiger partial charge < -0.3 is 10.6 Å². The standard InChI is InChI=1S/C14H21ClN2O2S2/c1-10(16)7-11-3-4-13(12(15)8-11)17-5-6-20-9-14(17)21(2,18)19/h3-4,8,10,14H,5-7,9,16H2,1-2H3. The lowest BCUT2D eigenvalue weighted by molar-refractivity contribution is 0.584. The maximum atomic E-state index is 12.0. The van der Waals surface area contributed by atoms with E-state index in [2.05, 4.69) is 0 Å². The highest BCUT2D eigenvalue weighted by Crippen LogP contribution is 2.33. The first-order valence-electron chi connectivity index (χ1n) is 6.86. The van der Waals surface area contributed by atoms with Gasteiger partial charge in [0.1, 0.15) is 5.37 Å². The minimum Gasteiger partial charge on any atom is -0.352 e. The Hall–Kier alpha value is -0.430. The van der Waals surface area contributed by atoms with Gasteiger partial charge in [0.15, 0.2) is 9.84 Å². The Morgan fingerprint density at radius 1 is 1.52 bits per heavy atom. The molecule has 0 radical (unpaired) electrons. The fraction of sp³-hybridized carbons (Fsp3) is 0.571. The topological polar surface area (TPSA) is 63.4 Å². The molecule has 2 rings (SSSR count). The number of hydrogen-bond donors (Lipinski definition) is 1. The van der Waals surface area contributed by atoms with Crippen LogP contribution in [0.2, 0.25) is 5.02 Å². The molecule has 0 aliphatic carbocycles. The van der Waals surface area contributed by atoms with Gasteiger partial charge in [-0.3, -0.25) is 0 Å². The third-order valence-corrected chi connectivity index (χ3v) is 6.40. The van der Waals surface area contributed by atoms with E-state index in [1.165, 1.54) is 6.26 Å². The molecule has 1 aromatic rings. The zero-order valence-corrected chi connectivity index (χ0v) is 14.6. The SMILES string of the molecule is CC(N)Cc1ccc(N2CCSCC2S(C)(=O)=O)c(Cl)c1. The number of thioether (sulfide) groups is 1. The Kier molecular flexibility index (Phi) is 5.46. The van der Waals surface area contributed by atoms with Crippen molar-refractivity contribution in [1.29, 1.82) is 0 Å². The molecule has 2 unspecified atom stereocenters. The zero-order valence-electron chi connectivity index (χ0n) is 12.3. The largest absolute Gasteiger partial charge is 0.352 e. The van der Waals surface area contributed by atoms with Crippen molar-refractivity contribution in [2.24, 2.45) is 5.73 Å². The maximum absolute atomic E-state index is 12.0. The van der Waals surface area contributed by atoms with E-state index < -0.39 is 15.2 Å². The smallest absolute Gasteiger partial charge is 0.169 e. The fourth-order valence-electron chi connectivity index (χ4n) is 2.49. The maximum Gasteiger partial charge on any atom is 0.169 e. The minimum absolute atomic E-state index is 0.0714. The van der Waals surface area contributed by atoms with Crippen LogP contribution in [0.25, 0.3) is 0 Å². The molecule has 0 saturated carbocycles. The quantitative estimate of drug-likeness (QED) is 0.903. The van der Waals surface area contributed by atoms with Gasteiger partial charge in [0.2, 0.25) is 0 Å². The van der Waals surface area contributed by atoms with E-state index in [1.54, 1.807) is 11.8 Å². The normalized spacial score (nSPS) is 21.3. The molecule has 0 bridgehead atoms. The molecule has 2 N–H and O–H groups in total. The molecular formula is C14H21ClN2O2S2. The Bertz CT molecular complexity index is 605. The molecule has 0 spiro atoms. The van der Waals surface area contributed by atoms with Crippen molar-refractivity contribution in [3.63, 3.8) is 0 Å². The zero-order chi connectivity index (χ0) is 15.6. The number of nitrogens with zero attached hydrogens (tertiary/aromatic N) is 1. The molecule has 1 aromatic carbocycles. The summed E-state index contributed by atoms with van der Waals surface area (Å²) in [6.07, 6.45) is 2.04. The molecule has 1 heterocycles. The Balaban J connectivity index is 2.31. The summed E-state index contributed by atoms with van der Waals surface area (Å²) >= 11 is 8.04. The summed E-state index contributed by atoms with van der Waals surface area (Å²) in [7, 11) is -3.14. The molecule has 1 aliphatic heterocycles. The minimum atomic E-state index is -3.14. The van der Waals surface area contributed by atoms with Gasteiger partial charge in [-0.2, -0.15) is 11.8 Å². The summed E-state index contributed by atoms with van der Waals surface area (Å²) in [6.45, 7) is 2.64. The van der Waals surface area contributed by atoms with Crippen LogP contribution in [0.3, 0.4) is 0 Å². The van der Waals surface area contributed by atoms with Gasteiger partial charge in [-0.1, -0.05) is 17.7 Å². The van der Waals surface area contributed by atoms with Gasteiger partial charge >= 0.3 is 0 Å². The fourth-order valence-corrected chi connectivity index (χ4v) is 5.64. The van der Waals surface area contributed by atoms with E-state index in [1.807, 2.05) is 30.0 Å². The first kappa shape index (κ1) is 16.9. The van der Waals surface area contributed by atoms with Crippen LogP contribution in [0.15, 0.2) is 18.2 Å². The summed E-state index contributed by atoms with van der Waals surface area (Å²) in [5.74, 6) is 1.49.